The molecule has 1 aromatic rings. The molecule has 0 aromatic carbocycles. The molecule has 56 valence electrons. The first-order valence-corrected chi connectivity index (χ1v) is 3.02. The molecule has 5 nitrogen and oxygen atoms in total. The highest BCUT2D eigenvalue weighted by molar-refractivity contribution is 4.89. The lowest BCUT2D eigenvalue weighted by atomic mass is 10.3. The SMILES string of the molecule is CC(N)c1noc(CN)n1. The van der Waals surface area contributed by atoms with E-state index in [1.165, 1.54) is 0 Å². The van der Waals surface area contributed by atoms with E-state index in [2.05, 4.69) is 10.1 Å². The maximum atomic E-state index is 5.46. The lowest BCUT2D eigenvalue weighted by molar-refractivity contribution is 0.372. The van der Waals surface area contributed by atoms with E-state index < -0.39 is 0 Å². The fourth-order valence-electron chi connectivity index (χ4n) is 0.536. The Kier molecular flexibility index (Phi) is 1.98. The van der Waals surface area contributed by atoms with Crippen LogP contribution in [-0.4, -0.2) is 10.1 Å². The first-order chi connectivity index (χ1) is 4.74. The molecule has 10 heavy (non-hydrogen) atoms. The summed E-state index contributed by atoms with van der Waals surface area (Å²) in [4.78, 5) is 3.90. The van der Waals surface area contributed by atoms with Gasteiger partial charge in [-0.25, -0.2) is 0 Å². The van der Waals surface area contributed by atoms with Gasteiger partial charge < -0.3 is 16.0 Å². The lowest BCUT2D eigenvalue weighted by Crippen LogP contribution is -2.07. The molecule has 0 bridgehead atoms. The van der Waals surface area contributed by atoms with Crippen molar-refractivity contribution >= 4 is 0 Å². The Morgan fingerprint density at radius 3 is 2.70 bits per heavy atom. The summed E-state index contributed by atoms with van der Waals surface area (Å²) >= 11 is 0. The second kappa shape index (κ2) is 2.76. The molecule has 0 fully saturated rings. The van der Waals surface area contributed by atoms with E-state index in [1.807, 2.05) is 0 Å². The van der Waals surface area contributed by atoms with Crippen LogP contribution < -0.4 is 11.5 Å². The molecule has 1 atom stereocenters. The minimum absolute atomic E-state index is 0.191. The summed E-state index contributed by atoms with van der Waals surface area (Å²) in [5.74, 6) is 0.924. The van der Waals surface area contributed by atoms with Gasteiger partial charge in [0.1, 0.15) is 0 Å². The van der Waals surface area contributed by atoms with Crippen LogP contribution in [0.1, 0.15) is 24.7 Å². The van der Waals surface area contributed by atoms with Crippen LogP contribution in [0.4, 0.5) is 0 Å². The second-order valence-corrected chi connectivity index (χ2v) is 2.04. The molecule has 0 spiro atoms. The molecule has 0 radical (unpaired) electrons. The predicted molar refractivity (Wildman–Crippen MR) is 34.8 cm³/mol. The molecule has 0 amide bonds. The van der Waals surface area contributed by atoms with Crippen LogP contribution in [0, 0.1) is 0 Å². The quantitative estimate of drug-likeness (QED) is 0.583. The summed E-state index contributed by atoms with van der Waals surface area (Å²) in [6, 6.07) is -0.191. The van der Waals surface area contributed by atoms with Crippen LogP contribution in [0.3, 0.4) is 0 Å². The van der Waals surface area contributed by atoms with Crippen molar-refractivity contribution < 1.29 is 4.52 Å². The van der Waals surface area contributed by atoms with Crippen molar-refractivity contribution in [2.24, 2.45) is 11.5 Å². The molecule has 1 unspecified atom stereocenters. The second-order valence-electron chi connectivity index (χ2n) is 2.04. The highest BCUT2D eigenvalue weighted by atomic mass is 16.5. The number of aromatic nitrogens is 2. The minimum Gasteiger partial charge on any atom is -0.338 e. The minimum atomic E-state index is -0.191. The zero-order valence-corrected chi connectivity index (χ0v) is 5.74. The fourth-order valence-corrected chi connectivity index (χ4v) is 0.536. The van der Waals surface area contributed by atoms with Gasteiger partial charge in [-0.05, 0) is 6.92 Å². The largest absolute Gasteiger partial charge is 0.338 e. The van der Waals surface area contributed by atoms with Crippen LogP contribution in [0.2, 0.25) is 0 Å². The van der Waals surface area contributed by atoms with E-state index in [-0.39, 0.29) is 12.6 Å². The predicted octanol–water partition coefficient (Wildman–Crippen LogP) is -0.452. The number of hydrogen-bond acceptors (Lipinski definition) is 5. The zero-order chi connectivity index (χ0) is 7.56. The van der Waals surface area contributed by atoms with E-state index in [9.17, 15) is 0 Å². The molecule has 0 saturated carbocycles. The normalized spacial score (nSPS) is 13.5. The monoisotopic (exact) mass is 142 g/mol. The smallest absolute Gasteiger partial charge is 0.240 e. The number of nitrogens with two attached hydrogens (primary N) is 2. The van der Waals surface area contributed by atoms with Crippen molar-refractivity contribution in [3.63, 3.8) is 0 Å². The Morgan fingerprint density at radius 2 is 2.40 bits per heavy atom. The average molecular weight is 142 g/mol. The third-order valence-corrected chi connectivity index (χ3v) is 1.07. The molecule has 1 heterocycles. The zero-order valence-electron chi connectivity index (χ0n) is 5.74. The average Bonchev–Trinajstić information content (AvgIpc) is 2.34. The van der Waals surface area contributed by atoms with Crippen LogP contribution in [-0.2, 0) is 6.54 Å². The Hall–Kier alpha value is -0.940. The van der Waals surface area contributed by atoms with Gasteiger partial charge in [-0.3, -0.25) is 0 Å². The van der Waals surface area contributed by atoms with Gasteiger partial charge in [-0.2, -0.15) is 4.98 Å². The summed E-state index contributed by atoms with van der Waals surface area (Å²) in [6.07, 6.45) is 0. The third kappa shape index (κ3) is 1.31. The Balaban J connectivity index is 2.78. The standard InChI is InChI=1S/C5H10N4O/c1-3(7)5-8-4(2-6)10-9-5/h3H,2,6-7H2,1H3. The van der Waals surface area contributed by atoms with Gasteiger partial charge in [-0.15, -0.1) is 0 Å². The van der Waals surface area contributed by atoms with E-state index in [0.29, 0.717) is 11.7 Å². The molecule has 1 rings (SSSR count). The highest BCUT2D eigenvalue weighted by Crippen LogP contribution is 2.03. The number of rotatable bonds is 2. The van der Waals surface area contributed by atoms with E-state index >= 15 is 0 Å². The Labute approximate surface area is 58.4 Å². The van der Waals surface area contributed by atoms with Gasteiger partial charge in [0.05, 0.1) is 12.6 Å². The summed E-state index contributed by atoms with van der Waals surface area (Å²) in [5.41, 5.74) is 10.7. The summed E-state index contributed by atoms with van der Waals surface area (Å²) in [7, 11) is 0. The molecule has 4 N–H and O–H groups in total. The van der Waals surface area contributed by atoms with E-state index in [1.54, 1.807) is 6.92 Å². The number of hydrogen-bond donors (Lipinski definition) is 2. The van der Waals surface area contributed by atoms with Gasteiger partial charge in [0.25, 0.3) is 0 Å². The molecular formula is C5H10N4O. The van der Waals surface area contributed by atoms with Crippen LogP contribution in [0.15, 0.2) is 4.52 Å². The van der Waals surface area contributed by atoms with Crippen molar-refractivity contribution in [1.29, 1.82) is 0 Å². The van der Waals surface area contributed by atoms with Gasteiger partial charge in [0, 0.05) is 0 Å². The maximum Gasteiger partial charge on any atom is 0.240 e. The van der Waals surface area contributed by atoms with E-state index in [4.69, 9.17) is 16.0 Å². The van der Waals surface area contributed by atoms with Gasteiger partial charge >= 0.3 is 0 Å². The van der Waals surface area contributed by atoms with Crippen molar-refractivity contribution in [3.05, 3.63) is 11.7 Å². The number of nitrogens with zero attached hydrogens (tertiary/aromatic N) is 2. The van der Waals surface area contributed by atoms with Crippen molar-refractivity contribution in [1.82, 2.24) is 10.1 Å². The third-order valence-electron chi connectivity index (χ3n) is 1.07. The highest BCUT2D eigenvalue weighted by Gasteiger charge is 2.07. The summed E-state index contributed by atoms with van der Waals surface area (Å²) < 4.78 is 4.71. The van der Waals surface area contributed by atoms with Gasteiger partial charge in [0.2, 0.25) is 5.89 Å². The fraction of sp³-hybridized carbons (Fsp3) is 0.600. The lowest BCUT2D eigenvalue weighted by Gasteiger charge is -1.92. The van der Waals surface area contributed by atoms with Crippen molar-refractivity contribution in [2.45, 2.75) is 19.5 Å². The van der Waals surface area contributed by atoms with Gasteiger partial charge in [0.15, 0.2) is 5.82 Å². The molecule has 5 heteroatoms. The molecule has 0 aliphatic rings. The molecule has 0 aliphatic carbocycles. The van der Waals surface area contributed by atoms with E-state index in [0.717, 1.165) is 0 Å². The van der Waals surface area contributed by atoms with Crippen LogP contribution in [0.25, 0.3) is 0 Å². The molecule has 0 aliphatic heterocycles. The molecular weight excluding hydrogens is 132 g/mol. The maximum absolute atomic E-state index is 5.46. The van der Waals surface area contributed by atoms with Crippen molar-refractivity contribution in [3.8, 4) is 0 Å². The topological polar surface area (TPSA) is 91.0 Å². The Bertz CT molecular complexity index is 207. The van der Waals surface area contributed by atoms with Crippen LogP contribution in [0.5, 0.6) is 0 Å². The van der Waals surface area contributed by atoms with Gasteiger partial charge in [-0.1, -0.05) is 5.16 Å². The summed E-state index contributed by atoms with van der Waals surface area (Å²) in [5, 5.41) is 3.60. The Morgan fingerprint density at radius 1 is 1.70 bits per heavy atom. The molecule has 0 saturated heterocycles. The molecule has 1 aromatic heterocycles. The summed E-state index contributed by atoms with van der Waals surface area (Å²) in [6.45, 7) is 2.05. The van der Waals surface area contributed by atoms with Crippen LogP contribution >= 0.6 is 0 Å². The first kappa shape index (κ1) is 7.17. The first-order valence-electron chi connectivity index (χ1n) is 3.02. The van der Waals surface area contributed by atoms with Crippen molar-refractivity contribution in [2.75, 3.05) is 0 Å².